The molecule has 0 fully saturated rings. The van der Waals surface area contributed by atoms with E-state index < -0.39 is 55.1 Å². The molecule has 0 N–H and O–H groups in total. The standard InChI is InChI=1S/C15H36As4O3/c1-17(2,20)13-7-10-16(11-8-14-18(3,4)21)12-9-15-19(5,6)22/h7-15H2,1-6H3. The molecule has 0 atom stereocenters. The second-order valence-electron chi connectivity index (χ2n) is 7.79. The molecule has 0 rings (SSSR count). The Hall–Kier alpha value is 1.63. The molecule has 0 aromatic carbocycles. The molecule has 7 heteroatoms. The van der Waals surface area contributed by atoms with E-state index in [1.807, 2.05) is 34.3 Å². The molecule has 0 heterocycles. The first-order valence-corrected chi connectivity index (χ1v) is 29.6. The van der Waals surface area contributed by atoms with E-state index in [0.717, 1.165) is 34.9 Å². The van der Waals surface area contributed by atoms with Gasteiger partial charge in [0, 0.05) is 0 Å². The fourth-order valence-electron chi connectivity index (χ4n) is 2.36. The summed E-state index contributed by atoms with van der Waals surface area (Å²) in [5.41, 5.74) is 11.6. The van der Waals surface area contributed by atoms with Crippen molar-refractivity contribution in [1.29, 1.82) is 0 Å². The maximum absolute atomic E-state index is 11.9. The Bertz CT molecular complexity index is 377. The van der Waals surface area contributed by atoms with Gasteiger partial charge < -0.3 is 0 Å². The zero-order chi connectivity index (χ0) is 17.4. The predicted molar refractivity (Wildman–Crippen MR) is 103 cm³/mol. The maximum atomic E-state index is 11.9. The van der Waals surface area contributed by atoms with Crippen molar-refractivity contribution in [2.75, 3.05) is 0 Å². The van der Waals surface area contributed by atoms with E-state index in [4.69, 9.17) is 0 Å². The predicted octanol–water partition coefficient (Wildman–Crippen LogP) is 5.56. The summed E-state index contributed by atoms with van der Waals surface area (Å²) in [5, 5.41) is 6.60. The zero-order valence-electron chi connectivity index (χ0n) is 15.4. The van der Waals surface area contributed by atoms with E-state index in [0.29, 0.717) is 0 Å². The van der Waals surface area contributed by atoms with Crippen molar-refractivity contribution >= 4 is 55.1 Å². The zero-order valence-corrected chi connectivity index (χ0v) is 22.9. The van der Waals surface area contributed by atoms with Crippen molar-refractivity contribution in [3.8, 4) is 0 Å². The second-order valence-corrected chi connectivity index (χ2v) is 36.1. The summed E-state index contributed by atoms with van der Waals surface area (Å²) in [6, 6.07) is 0. The van der Waals surface area contributed by atoms with E-state index in [-0.39, 0.29) is 0 Å². The third-order valence-corrected chi connectivity index (χ3v) is 18.3. The van der Waals surface area contributed by atoms with E-state index in [1.165, 1.54) is 15.6 Å². The van der Waals surface area contributed by atoms with Crippen LogP contribution < -0.4 is 0 Å². The number of hydrogen-bond acceptors (Lipinski definition) is 3. The van der Waals surface area contributed by atoms with E-state index in [1.54, 1.807) is 0 Å². The van der Waals surface area contributed by atoms with Gasteiger partial charge in [-0.15, -0.1) is 0 Å². The molecule has 0 spiro atoms. The summed E-state index contributed by atoms with van der Waals surface area (Å²) in [5.74, 6) is 0. The molecule has 22 heavy (non-hydrogen) atoms. The van der Waals surface area contributed by atoms with Crippen LogP contribution in [0, 0.1) is 0 Å². The Balaban J connectivity index is 4.27. The van der Waals surface area contributed by atoms with Gasteiger partial charge in [-0.1, -0.05) is 0 Å². The van der Waals surface area contributed by atoms with Gasteiger partial charge in [0.25, 0.3) is 0 Å². The molecule has 0 aliphatic heterocycles. The summed E-state index contributed by atoms with van der Waals surface area (Å²) in [6.45, 7) is 0. The molecule has 0 bridgehead atoms. The molecule has 0 radical (unpaired) electrons. The van der Waals surface area contributed by atoms with Gasteiger partial charge in [-0.2, -0.15) is 0 Å². The first kappa shape index (κ1) is 23.6. The molecule has 134 valence electrons. The second kappa shape index (κ2) is 10.6. The average molecular weight is 564 g/mol. The van der Waals surface area contributed by atoms with Gasteiger partial charge in [-0.3, -0.25) is 0 Å². The summed E-state index contributed by atoms with van der Waals surface area (Å²) < 4.78 is 35.7. The van der Waals surface area contributed by atoms with Gasteiger partial charge in [-0.25, -0.2) is 0 Å². The summed E-state index contributed by atoms with van der Waals surface area (Å²) in [7, 11) is 0. The van der Waals surface area contributed by atoms with Crippen LogP contribution in [0.2, 0.25) is 65.5 Å². The summed E-state index contributed by atoms with van der Waals surface area (Å²) in [6.07, 6.45) is 3.35. The van der Waals surface area contributed by atoms with Crippen LogP contribution in [0.1, 0.15) is 19.3 Å². The van der Waals surface area contributed by atoms with Crippen LogP contribution in [0.3, 0.4) is 0 Å². The Morgan fingerprint density at radius 3 is 0.955 bits per heavy atom. The molecular formula is C15H36As4O3. The normalized spacial score (nSPS) is 13.8. The first-order chi connectivity index (χ1) is 9.79. The molecule has 0 aliphatic carbocycles. The molecule has 0 saturated carbocycles. The van der Waals surface area contributed by atoms with E-state index >= 15 is 0 Å². The van der Waals surface area contributed by atoms with Crippen LogP contribution in [-0.4, -0.2) is 55.1 Å². The third-order valence-electron chi connectivity index (χ3n) is 3.51. The average Bonchev–Trinajstić information content (AvgIpc) is 2.23. The van der Waals surface area contributed by atoms with Crippen molar-refractivity contribution in [3.05, 3.63) is 0 Å². The molecule has 0 amide bonds. The minimum atomic E-state index is -2.48. The van der Waals surface area contributed by atoms with Gasteiger partial charge in [-0.05, 0) is 0 Å². The molecule has 0 aromatic rings. The number of hydrogen-bond donors (Lipinski definition) is 0. The monoisotopic (exact) mass is 564 g/mol. The Kier molecular flexibility index (Phi) is 11.4. The fourth-order valence-corrected chi connectivity index (χ4v) is 16.9. The third kappa shape index (κ3) is 18.0. The Labute approximate surface area is 150 Å². The van der Waals surface area contributed by atoms with Crippen LogP contribution in [0.15, 0.2) is 0 Å². The van der Waals surface area contributed by atoms with Crippen LogP contribution in [0.5, 0.6) is 0 Å². The fraction of sp³-hybridized carbons (Fsp3) is 1.00. The molecule has 0 aromatic heterocycles. The van der Waals surface area contributed by atoms with Crippen molar-refractivity contribution in [2.45, 2.75) is 84.8 Å². The molecular weight excluding hydrogens is 528 g/mol. The molecule has 0 aliphatic rings. The van der Waals surface area contributed by atoms with Gasteiger partial charge in [0.1, 0.15) is 0 Å². The van der Waals surface area contributed by atoms with Crippen molar-refractivity contribution in [2.24, 2.45) is 0 Å². The topological polar surface area (TPSA) is 51.2 Å². The summed E-state index contributed by atoms with van der Waals surface area (Å²) >= 11 is -8.34. The quantitative estimate of drug-likeness (QED) is 0.292. The van der Waals surface area contributed by atoms with Gasteiger partial charge >= 0.3 is 151 Å². The Morgan fingerprint density at radius 1 is 0.545 bits per heavy atom. The number of rotatable bonds is 12. The van der Waals surface area contributed by atoms with Crippen LogP contribution in [0.25, 0.3) is 0 Å². The summed E-state index contributed by atoms with van der Waals surface area (Å²) in [4.78, 5) is 0. The van der Waals surface area contributed by atoms with Crippen LogP contribution >= 0.6 is 0 Å². The SMILES string of the molecule is C[As](C)(=O)CCC[As](CCC[As](C)(C)=O)CCC[As](C)(C)=O. The van der Waals surface area contributed by atoms with Gasteiger partial charge in [0.2, 0.25) is 0 Å². The Morgan fingerprint density at radius 2 is 0.773 bits per heavy atom. The van der Waals surface area contributed by atoms with Crippen molar-refractivity contribution < 1.29 is 11.2 Å². The van der Waals surface area contributed by atoms with E-state index in [9.17, 15) is 11.2 Å². The van der Waals surface area contributed by atoms with Gasteiger partial charge in [0.15, 0.2) is 0 Å². The molecule has 0 unspecified atom stereocenters. The molecule has 3 nitrogen and oxygen atoms in total. The van der Waals surface area contributed by atoms with E-state index in [2.05, 4.69) is 0 Å². The van der Waals surface area contributed by atoms with Crippen LogP contribution in [0.4, 0.5) is 0 Å². The van der Waals surface area contributed by atoms with Crippen LogP contribution in [-0.2, 0) is 11.2 Å². The van der Waals surface area contributed by atoms with Gasteiger partial charge in [0.05, 0.1) is 0 Å². The van der Waals surface area contributed by atoms with Crippen molar-refractivity contribution in [3.63, 3.8) is 0 Å². The minimum absolute atomic E-state index is 0.910. The van der Waals surface area contributed by atoms with Crippen molar-refractivity contribution in [1.82, 2.24) is 0 Å². The molecule has 0 saturated heterocycles. The first-order valence-electron chi connectivity index (χ1n) is 8.13.